The molecular weight excluding hydrogens is 618 g/mol. The van der Waals surface area contributed by atoms with Crippen LogP contribution in [-0.4, -0.2) is 18.3 Å². The number of hydrogen-bond donors (Lipinski definition) is 2. The van der Waals surface area contributed by atoms with Gasteiger partial charge in [-0.3, -0.25) is 0 Å². The van der Waals surface area contributed by atoms with Gasteiger partial charge in [0, 0.05) is 5.56 Å². The number of ether oxygens (including phenoxy) is 1. The van der Waals surface area contributed by atoms with Crippen LogP contribution in [0, 0.1) is 0 Å². The Balaban J connectivity index is 1.15. The molecule has 8 heteroatoms. The molecule has 5 aromatic carbocycles. The van der Waals surface area contributed by atoms with Crippen molar-refractivity contribution in [3.8, 4) is 33.8 Å². The van der Waals surface area contributed by atoms with Gasteiger partial charge in [0.1, 0.15) is 5.75 Å². The predicted octanol–water partition coefficient (Wildman–Crippen LogP) is 8.64. The van der Waals surface area contributed by atoms with Crippen molar-refractivity contribution >= 4 is 9.47 Å². The molecule has 5 aromatic rings. The molecule has 3 N–H and O–H groups in total. The van der Waals surface area contributed by atoms with E-state index in [1.165, 1.54) is 15.5 Å². The van der Waals surface area contributed by atoms with E-state index < -0.39 is 17.3 Å². The fraction of sp³-hybridized carbons (Fsp3) is 0.231. The third kappa shape index (κ3) is 7.08. The number of aliphatic hydroxyl groups excluding tert-OH is 1. The quantitative estimate of drug-likeness (QED) is 0.102. The van der Waals surface area contributed by atoms with E-state index in [-0.39, 0.29) is 31.8 Å². The van der Waals surface area contributed by atoms with Crippen LogP contribution in [0.4, 0.5) is 13.2 Å². The molecule has 0 aliphatic heterocycles. The summed E-state index contributed by atoms with van der Waals surface area (Å²) in [5.74, 6) is 0.375. The third-order valence-electron chi connectivity index (χ3n) is 9.00. The molecule has 242 valence electrons. The van der Waals surface area contributed by atoms with Crippen LogP contribution in [-0.2, 0) is 31.0 Å². The molecule has 1 aliphatic carbocycles. The van der Waals surface area contributed by atoms with E-state index in [0.29, 0.717) is 36.1 Å². The molecule has 0 bridgehead atoms. The SMILES string of the molecule is NC(CO)(CCc1ccc(OCCCc2cccc(-c3ccccc3)c2)c(C(F)(F)F)c1)c1c(O[PH3+])ccc2c1Cc1ccccc1-2. The molecule has 0 saturated heterocycles. The Morgan fingerprint density at radius 2 is 1.47 bits per heavy atom. The number of rotatable bonds is 12. The average molecular weight is 657 g/mol. The first-order valence-corrected chi connectivity index (χ1v) is 16.3. The first kappa shape index (κ1) is 32.8. The molecule has 1 aliphatic rings. The Hall–Kier alpha value is -4.16. The molecule has 2 atom stereocenters. The van der Waals surface area contributed by atoms with Crippen molar-refractivity contribution in [2.75, 3.05) is 13.2 Å². The minimum absolute atomic E-state index is 0.149. The summed E-state index contributed by atoms with van der Waals surface area (Å²) in [6.07, 6.45) is -2.27. The van der Waals surface area contributed by atoms with Gasteiger partial charge in [-0.1, -0.05) is 91.0 Å². The number of alkyl halides is 3. The van der Waals surface area contributed by atoms with E-state index in [1.807, 2.05) is 72.8 Å². The molecule has 0 heterocycles. The number of benzene rings is 5. The zero-order chi connectivity index (χ0) is 33.0. The Morgan fingerprint density at radius 3 is 2.23 bits per heavy atom. The first-order chi connectivity index (χ1) is 22.7. The standard InChI is InChI=1S/C39H38F3NO3P/c40-39(41,42)34-23-27(15-17-35(34)45-21-7-9-26-8-6-13-29(22-26)28-10-2-1-3-11-28)19-20-38(43,25-44)37-33-24-30-12-4-5-14-31(30)32(33)16-18-36(37)46-47/h1-6,8,10-18,22-23,44H,7,9,19-21,24-25,43H2,47H3/q+1. The van der Waals surface area contributed by atoms with Crippen LogP contribution in [0.15, 0.2) is 109 Å². The normalized spacial score (nSPS) is 13.6. The second-order valence-electron chi connectivity index (χ2n) is 12.1. The monoisotopic (exact) mass is 656 g/mol. The Labute approximate surface area is 275 Å². The fourth-order valence-corrected chi connectivity index (χ4v) is 6.82. The number of aliphatic hydroxyl groups is 1. The van der Waals surface area contributed by atoms with Crippen LogP contribution in [0.25, 0.3) is 22.3 Å². The Bertz CT molecular complexity index is 1860. The van der Waals surface area contributed by atoms with Gasteiger partial charge in [0.2, 0.25) is 0 Å². The lowest BCUT2D eigenvalue weighted by molar-refractivity contribution is -0.139. The highest BCUT2D eigenvalue weighted by molar-refractivity contribution is 7.10. The van der Waals surface area contributed by atoms with Crippen molar-refractivity contribution in [1.82, 2.24) is 0 Å². The lowest BCUT2D eigenvalue weighted by Gasteiger charge is -2.31. The smallest absolute Gasteiger partial charge is 0.419 e. The van der Waals surface area contributed by atoms with Gasteiger partial charge in [-0.2, -0.15) is 13.2 Å². The van der Waals surface area contributed by atoms with E-state index in [9.17, 15) is 18.3 Å². The minimum Gasteiger partial charge on any atom is -0.493 e. The lowest BCUT2D eigenvalue weighted by Crippen LogP contribution is -2.42. The Kier molecular flexibility index (Phi) is 9.70. The maximum absolute atomic E-state index is 14.2. The maximum atomic E-state index is 14.2. The lowest BCUT2D eigenvalue weighted by atomic mass is 9.81. The predicted molar refractivity (Wildman–Crippen MR) is 185 cm³/mol. The summed E-state index contributed by atoms with van der Waals surface area (Å²) in [6, 6.07) is 34.3. The Morgan fingerprint density at radius 1 is 0.745 bits per heavy atom. The molecule has 6 rings (SSSR count). The summed E-state index contributed by atoms with van der Waals surface area (Å²) in [5, 5.41) is 10.6. The van der Waals surface area contributed by atoms with Crippen LogP contribution in [0.1, 0.15) is 46.2 Å². The summed E-state index contributed by atoms with van der Waals surface area (Å²) in [7, 11) is 1.33. The molecule has 0 fully saturated rings. The van der Waals surface area contributed by atoms with Crippen molar-refractivity contribution in [2.45, 2.75) is 43.8 Å². The maximum Gasteiger partial charge on any atom is 0.419 e. The summed E-state index contributed by atoms with van der Waals surface area (Å²) >= 11 is 0. The largest absolute Gasteiger partial charge is 0.493 e. The van der Waals surface area contributed by atoms with Crippen molar-refractivity contribution in [3.63, 3.8) is 0 Å². The number of aryl methyl sites for hydroxylation is 2. The third-order valence-corrected chi connectivity index (χ3v) is 9.31. The second-order valence-corrected chi connectivity index (χ2v) is 12.4. The van der Waals surface area contributed by atoms with Gasteiger partial charge in [-0.05, 0) is 94.8 Å². The van der Waals surface area contributed by atoms with Crippen LogP contribution in [0.5, 0.6) is 11.5 Å². The zero-order valence-corrected chi connectivity index (χ0v) is 27.4. The molecule has 4 nitrogen and oxygen atoms in total. The molecule has 0 amide bonds. The number of hydrogen-bond acceptors (Lipinski definition) is 4. The number of nitrogens with two attached hydrogens (primary N) is 1. The summed E-state index contributed by atoms with van der Waals surface area (Å²) in [6.45, 7) is -0.239. The van der Waals surface area contributed by atoms with E-state index in [4.69, 9.17) is 15.0 Å². The topological polar surface area (TPSA) is 64.7 Å². The molecule has 0 radical (unpaired) electrons. The average Bonchev–Trinajstić information content (AvgIpc) is 3.47. The first-order valence-electron chi connectivity index (χ1n) is 15.7. The van der Waals surface area contributed by atoms with Crippen LogP contribution < -0.4 is 15.0 Å². The summed E-state index contributed by atoms with van der Waals surface area (Å²) < 4.78 is 54.1. The molecule has 0 spiro atoms. The van der Waals surface area contributed by atoms with E-state index in [0.717, 1.165) is 45.0 Å². The van der Waals surface area contributed by atoms with Crippen LogP contribution in [0.3, 0.4) is 0 Å². The highest BCUT2D eigenvalue weighted by Crippen LogP contribution is 2.46. The van der Waals surface area contributed by atoms with Gasteiger partial charge in [0.25, 0.3) is 0 Å². The molecular formula is C39H38F3NO3P+. The summed E-state index contributed by atoms with van der Waals surface area (Å²) in [5.41, 5.74) is 13.6. The van der Waals surface area contributed by atoms with Crippen LogP contribution in [0.2, 0.25) is 0 Å². The van der Waals surface area contributed by atoms with Gasteiger partial charge in [-0.15, -0.1) is 0 Å². The summed E-state index contributed by atoms with van der Waals surface area (Å²) in [4.78, 5) is 0. The van der Waals surface area contributed by atoms with E-state index >= 15 is 0 Å². The van der Waals surface area contributed by atoms with E-state index in [1.54, 1.807) is 6.07 Å². The van der Waals surface area contributed by atoms with Crippen molar-refractivity contribution < 1.29 is 27.5 Å². The van der Waals surface area contributed by atoms with Gasteiger partial charge in [0.15, 0.2) is 15.2 Å². The zero-order valence-electron chi connectivity index (χ0n) is 26.0. The molecule has 47 heavy (non-hydrogen) atoms. The van der Waals surface area contributed by atoms with Crippen molar-refractivity contribution in [2.24, 2.45) is 5.73 Å². The van der Waals surface area contributed by atoms with Crippen LogP contribution >= 0.6 is 9.47 Å². The minimum atomic E-state index is -4.59. The van der Waals surface area contributed by atoms with Gasteiger partial charge < -0.3 is 20.1 Å². The fourth-order valence-electron chi connectivity index (χ4n) is 6.58. The molecule has 0 saturated carbocycles. The van der Waals surface area contributed by atoms with Gasteiger partial charge in [-0.25, -0.2) is 0 Å². The number of fused-ring (bicyclic) bond motifs is 3. The van der Waals surface area contributed by atoms with Crippen molar-refractivity contribution in [1.29, 1.82) is 0 Å². The highest BCUT2D eigenvalue weighted by Gasteiger charge is 2.38. The van der Waals surface area contributed by atoms with Gasteiger partial charge >= 0.3 is 6.18 Å². The molecule has 2 unspecified atom stereocenters. The second kappa shape index (κ2) is 13.9. The van der Waals surface area contributed by atoms with Gasteiger partial charge in [0.05, 0.1) is 24.3 Å². The molecule has 0 aromatic heterocycles. The highest BCUT2D eigenvalue weighted by atomic mass is 31.0. The van der Waals surface area contributed by atoms with Crippen molar-refractivity contribution in [3.05, 3.63) is 143 Å². The number of halogens is 3. The van der Waals surface area contributed by atoms with E-state index in [2.05, 4.69) is 18.2 Å².